The third-order valence-corrected chi connectivity index (χ3v) is 3.88. The van der Waals surface area contributed by atoms with Gasteiger partial charge >= 0.3 is 0 Å². The molecule has 0 radical (unpaired) electrons. The second-order valence-corrected chi connectivity index (χ2v) is 5.53. The van der Waals surface area contributed by atoms with E-state index >= 15 is 0 Å². The molecule has 94 valence electrons. The van der Waals surface area contributed by atoms with Crippen molar-refractivity contribution in [3.05, 3.63) is 42.5 Å². The number of hydrogen-bond acceptors (Lipinski definition) is 3. The average molecular weight is 254 g/mol. The lowest BCUT2D eigenvalue weighted by atomic mass is 10.2. The standard InChI is InChI=1S/C12H18N2O2S/c1-4-10(2)14-17(15,16)12-7-5-11(6-8-12)9-13-3/h4-8,10,13-14H,1,9H2,2-3H3. The van der Waals surface area contributed by atoms with Crippen LogP contribution in [-0.4, -0.2) is 21.5 Å². The van der Waals surface area contributed by atoms with E-state index in [9.17, 15) is 8.42 Å². The smallest absolute Gasteiger partial charge is 0.241 e. The Morgan fingerprint density at radius 1 is 1.35 bits per heavy atom. The Morgan fingerprint density at radius 2 is 1.94 bits per heavy atom. The zero-order valence-corrected chi connectivity index (χ0v) is 10.9. The first kappa shape index (κ1) is 13.9. The van der Waals surface area contributed by atoms with Crippen LogP contribution >= 0.6 is 0 Å². The predicted octanol–water partition coefficient (Wildman–Crippen LogP) is 1.26. The molecular weight excluding hydrogens is 236 g/mol. The van der Waals surface area contributed by atoms with E-state index in [4.69, 9.17) is 0 Å². The van der Waals surface area contributed by atoms with Gasteiger partial charge in [0.05, 0.1) is 4.90 Å². The van der Waals surface area contributed by atoms with Crippen LogP contribution in [-0.2, 0) is 16.6 Å². The fourth-order valence-electron chi connectivity index (χ4n) is 1.35. The Balaban J connectivity index is 2.88. The maximum absolute atomic E-state index is 11.9. The minimum absolute atomic E-state index is 0.269. The van der Waals surface area contributed by atoms with Crippen LogP contribution in [0.2, 0.25) is 0 Å². The minimum atomic E-state index is -3.44. The molecule has 17 heavy (non-hydrogen) atoms. The molecule has 0 saturated carbocycles. The van der Waals surface area contributed by atoms with Gasteiger partial charge in [0.2, 0.25) is 10.0 Å². The second kappa shape index (κ2) is 5.95. The van der Waals surface area contributed by atoms with Crippen molar-refractivity contribution in [2.75, 3.05) is 7.05 Å². The van der Waals surface area contributed by atoms with Gasteiger partial charge in [0.15, 0.2) is 0 Å². The Bertz CT molecular complexity index is 466. The Labute approximate surface area is 103 Å². The van der Waals surface area contributed by atoms with Crippen molar-refractivity contribution in [3.8, 4) is 0 Å². The summed E-state index contributed by atoms with van der Waals surface area (Å²) >= 11 is 0. The molecule has 0 fully saturated rings. The van der Waals surface area contributed by atoms with Crippen LogP contribution < -0.4 is 10.0 Å². The zero-order valence-electron chi connectivity index (χ0n) is 10.1. The summed E-state index contributed by atoms with van der Waals surface area (Å²) in [5.74, 6) is 0. The van der Waals surface area contributed by atoms with Crippen molar-refractivity contribution in [2.24, 2.45) is 0 Å². The average Bonchev–Trinajstić information content (AvgIpc) is 2.29. The van der Waals surface area contributed by atoms with Crippen LogP contribution in [0.5, 0.6) is 0 Å². The number of sulfonamides is 1. The molecule has 1 aromatic carbocycles. The van der Waals surface area contributed by atoms with E-state index in [1.54, 1.807) is 37.3 Å². The summed E-state index contributed by atoms with van der Waals surface area (Å²) < 4.78 is 26.3. The van der Waals surface area contributed by atoms with Crippen molar-refractivity contribution in [2.45, 2.75) is 24.4 Å². The molecule has 0 heterocycles. The van der Waals surface area contributed by atoms with Gasteiger partial charge in [-0.3, -0.25) is 0 Å². The van der Waals surface area contributed by atoms with Gasteiger partial charge in [-0.25, -0.2) is 13.1 Å². The Hall–Kier alpha value is -1.17. The molecule has 1 atom stereocenters. The predicted molar refractivity (Wildman–Crippen MR) is 69.2 cm³/mol. The lowest BCUT2D eigenvalue weighted by Crippen LogP contribution is -2.30. The molecule has 4 nitrogen and oxygen atoms in total. The molecular formula is C12H18N2O2S. The summed E-state index contributed by atoms with van der Waals surface area (Å²) in [5, 5.41) is 3.01. The van der Waals surface area contributed by atoms with Gasteiger partial charge in [-0.15, -0.1) is 6.58 Å². The van der Waals surface area contributed by atoms with Crippen molar-refractivity contribution in [1.29, 1.82) is 0 Å². The van der Waals surface area contributed by atoms with E-state index in [0.717, 1.165) is 12.1 Å². The first-order valence-corrected chi connectivity index (χ1v) is 6.86. The maximum Gasteiger partial charge on any atom is 0.241 e. The number of nitrogens with one attached hydrogen (secondary N) is 2. The van der Waals surface area contributed by atoms with Gasteiger partial charge in [-0.2, -0.15) is 0 Å². The molecule has 0 amide bonds. The molecule has 1 rings (SSSR count). The summed E-state index contributed by atoms with van der Waals surface area (Å²) in [4.78, 5) is 0.269. The molecule has 0 bridgehead atoms. The molecule has 0 spiro atoms. The summed E-state index contributed by atoms with van der Waals surface area (Å²) in [5.41, 5.74) is 1.04. The third kappa shape index (κ3) is 3.96. The van der Waals surface area contributed by atoms with E-state index in [1.165, 1.54) is 0 Å². The van der Waals surface area contributed by atoms with E-state index in [1.807, 2.05) is 7.05 Å². The van der Waals surface area contributed by atoms with E-state index in [0.29, 0.717) is 0 Å². The maximum atomic E-state index is 11.9. The van der Waals surface area contributed by atoms with E-state index in [-0.39, 0.29) is 10.9 Å². The molecule has 1 unspecified atom stereocenters. The molecule has 1 aromatic rings. The molecule has 0 saturated heterocycles. The van der Waals surface area contributed by atoms with Gasteiger partial charge in [0.1, 0.15) is 0 Å². The van der Waals surface area contributed by atoms with E-state index < -0.39 is 10.0 Å². The van der Waals surface area contributed by atoms with Gasteiger partial charge in [-0.05, 0) is 31.7 Å². The summed E-state index contributed by atoms with van der Waals surface area (Å²) in [7, 11) is -1.60. The summed E-state index contributed by atoms with van der Waals surface area (Å²) in [6, 6.07) is 6.51. The molecule has 2 N–H and O–H groups in total. The van der Waals surface area contributed by atoms with Crippen LogP contribution in [0.15, 0.2) is 41.8 Å². The lowest BCUT2D eigenvalue weighted by molar-refractivity contribution is 0.576. The molecule has 0 aromatic heterocycles. The molecule has 0 aliphatic carbocycles. The van der Waals surface area contributed by atoms with Gasteiger partial charge in [0, 0.05) is 12.6 Å². The Morgan fingerprint density at radius 3 is 2.41 bits per heavy atom. The number of benzene rings is 1. The van der Waals surface area contributed by atoms with Crippen molar-refractivity contribution < 1.29 is 8.42 Å². The number of rotatable bonds is 6. The van der Waals surface area contributed by atoms with Crippen LogP contribution in [0.25, 0.3) is 0 Å². The largest absolute Gasteiger partial charge is 0.316 e. The van der Waals surface area contributed by atoms with Crippen LogP contribution in [0.4, 0.5) is 0 Å². The van der Waals surface area contributed by atoms with E-state index in [2.05, 4.69) is 16.6 Å². The van der Waals surface area contributed by atoms with Crippen LogP contribution in [0.1, 0.15) is 12.5 Å². The highest BCUT2D eigenvalue weighted by Gasteiger charge is 2.15. The minimum Gasteiger partial charge on any atom is -0.316 e. The normalized spacial score (nSPS) is 13.3. The van der Waals surface area contributed by atoms with Gasteiger partial charge in [0.25, 0.3) is 0 Å². The summed E-state index contributed by atoms with van der Waals surface area (Å²) in [6.07, 6.45) is 1.55. The molecule has 0 aliphatic rings. The number of hydrogen-bond donors (Lipinski definition) is 2. The summed E-state index contributed by atoms with van der Waals surface area (Å²) in [6.45, 7) is 6.00. The third-order valence-electron chi connectivity index (χ3n) is 2.31. The van der Waals surface area contributed by atoms with Crippen molar-refractivity contribution in [3.63, 3.8) is 0 Å². The second-order valence-electron chi connectivity index (χ2n) is 3.82. The Kier molecular flexibility index (Phi) is 4.86. The molecule has 0 aliphatic heterocycles. The topological polar surface area (TPSA) is 58.2 Å². The lowest BCUT2D eigenvalue weighted by Gasteiger charge is -2.10. The first-order chi connectivity index (χ1) is 7.99. The van der Waals surface area contributed by atoms with Crippen molar-refractivity contribution in [1.82, 2.24) is 10.0 Å². The highest BCUT2D eigenvalue weighted by molar-refractivity contribution is 7.89. The fourth-order valence-corrected chi connectivity index (χ4v) is 2.57. The van der Waals surface area contributed by atoms with Gasteiger partial charge < -0.3 is 5.32 Å². The highest BCUT2D eigenvalue weighted by atomic mass is 32.2. The van der Waals surface area contributed by atoms with Gasteiger partial charge in [-0.1, -0.05) is 18.2 Å². The first-order valence-electron chi connectivity index (χ1n) is 5.38. The highest BCUT2D eigenvalue weighted by Crippen LogP contribution is 2.11. The monoisotopic (exact) mass is 254 g/mol. The fraction of sp³-hybridized carbons (Fsp3) is 0.333. The quantitative estimate of drug-likeness (QED) is 0.751. The zero-order chi connectivity index (χ0) is 12.9. The SMILES string of the molecule is C=CC(C)NS(=O)(=O)c1ccc(CNC)cc1. The van der Waals surface area contributed by atoms with Crippen LogP contribution in [0, 0.1) is 0 Å². The van der Waals surface area contributed by atoms with Crippen molar-refractivity contribution >= 4 is 10.0 Å². The molecule has 5 heteroatoms. The van der Waals surface area contributed by atoms with Crippen LogP contribution in [0.3, 0.4) is 0 Å².